The van der Waals surface area contributed by atoms with Gasteiger partial charge in [-0.05, 0) is 30.6 Å². The Morgan fingerprint density at radius 2 is 1.80 bits per heavy atom. The van der Waals surface area contributed by atoms with Crippen molar-refractivity contribution in [3.63, 3.8) is 0 Å². The van der Waals surface area contributed by atoms with Gasteiger partial charge in [0.15, 0.2) is 0 Å². The Balaban J connectivity index is 2.02. The molecule has 0 bridgehead atoms. The van der Waals surface area contributed by atoms with E-state index in [1.54, 1.807) is 0 Å². The largest absolute Gasteiger partial charge is 0.481 e. The Morgan fingerprint density at radius 1 is 1.20 bits per heavy atom. The van der Waals surface area contributed by atoms with Crippen molar-refractivity contribution in [2.45, 2.75) is 46.5 Å². The number of likely N-dealkylation sites (tertiary alicyclic amines) is 1. The van der Waals surface area contributed by atoms with Crippen LogP contribution < -0.4 is 0 Å². The highest BCUT2D eigenvalue weighted by Crippen LogP contribution is 2.44. The van der Waals surface area contributed by atoms with Crippen molar-refractivity contribution in [1.29, 1.82) is 0 Å². The molecule has 3 atom stereocenters. The van der Waals surface area contributed by atoms with Gasteiger partial charge in [0.1, 0.15) is 0 Å². The van der Waals surface area contributed by atoms with Crippen LogP contribution in [0, 0.1) is 29.6 Å². The SMILES string of the molecule is CCC(CC)C(C)C(=O)N1C[C@H](C(=O)O)[C@@H](C2CC2)C1. The summed E-state index contributed by atoms with van der Waals surface area (Å²) < 4.78 is 0. The fraction of sp³-hybridized carbons (Fsp3) is 0.875. The molecular formula is C16H27NO3. The molecule has 0 aromatic heterocycles. The number of hydrogen-bond donors (Lipinski definition) is 1. The Morgan fingerprint density at radius 3 is 2.25 bits per heavy atom. The second kappa shape index (κ2) is 6.15. The zero-order chi connectivity index (χ0) is 14.9. The number of aliphatic carboxylic acids is 1. The summed E-state index contributed by atoms with van der Waals surface area (Å²) in [6, 6.07) is 0. The number of nitrogens with zero attached hydrogens (tertiary/aromatic N) is 1. The molecule has 2 aliphatic rings. The number of hydrogen-bond acceptors (Lipinski definition) is 2. The number of carboxylic acids is 1. The van der Waals surface area contributed by atoms with Gasteiger partial charge in [-0.25, -0.2) is 0 Å². The second-order valence-corrected chi connectivity index (χ2v) is 6.55. The summed E-state index contributed by atoms with van der Waals surface area (Å²) in [7, 11) is 0. The Kier molecular flexibility index (Phi) is 4.71. The number of carbonyl (C=O) groups is 2. The van der Waals surface area contributed by atoms with Gasteiger partial charge in [-0.15, -0.1) is 0 Å². The first kappa shape index (κ1) is 15.3. The maximum atomic E-state index is 12.6. The van der Waals surface area contributed by atoms with Crippen LogP contribution in [-0.4, -0.2) is 35.0 Å². The van der Waals surface area contributed by atoms with E-state index in [2.05, 4.69) is 13.8 Å². The van der Waals surface area contributed by atoms with E-state index < -0.39 is 5.97 Å². The molecule has 2 fully saturated rings. The van der Waals surface area contributed by atoms with Gasteiger partial charge in [-0.2, -0.15) is 0 Å². The molecule has 1 heterocycles. The van der Waals surface area contributed by atoms with Gasteiger partial charge in [0.25, 0.3) is 0 Å². The fourth-order valence-corrected chi connectivity index (χ4v) is 3.76. The molecular weight excluding hydrogens is 254 g/mol. The van der Waals surface area contributed by atoms with Gasteiger partial charge in [0.2, 0.25) is 5.91 Å². The zero-order valence-corrected chi connectivity index (χ0v) is 12.8. The lowest BCUT2D eigenvalue weighted by Gasteiger charge is -2.26. The molecule has 1 aliphatic carbocycles. The van der Waals surface area contributed by atoms with Crippen LogP contribution in [0.2, 0.25) is 0 Å². The standard InChI is InChI=1S/C16H27NO3/c1-4-11(5-2)10(3)15(18)17-8-13(12-6-7-12)14(9-17)16(19)20/h10-14H,4-9H2,1-3H3,(H,19,20)/t10?,13-,14+/m1/s1. The predicted molar refractivity (Wildman–Crippen MR) is 77.2 cm³/mol. The minimum Gasteiger partial charge on any atom is -0.481 e. The molecule has 1 N–H and O–H groups in total. The lowest BCUT2D eigenvalue weighted by molar-refractivity contribution is -0.143. The molecule has 0 spiro atoms. The lowest BCUT2D eigenvalue weighted by Crippen LogP contribution is -2.37. The highest BCUT2D eigenvalue weighted by Gasteiger charge is 2.47. The van der Waals surface area contributed by atoms with Gasteiger partial charge in [0, 0.05) is 19.0 Å². The molecule has 1 amide bonds. The highest BCUT2D eigenvalue weighted by molar-refractivity contribution is 5.81. The summed E-state index contributed by atoms with van der Waals surface area (Å²) in [6.45, 7) is 7.31. The van der Waals surface area contributed by atoms with Crippen molar-refractivity contribution < 1.29 is 14.7 Å². The van der Waals surface area contributed by atoms with Crippen molar-refractivity contribution in [2.24, 2.45) is 29.6 Å². The third kappa shape index (κ3) is 2.99. The molecule has 4 heteroatoms. The summed E-state index contributed by atoms with van der Waals surface area (Å²) in [5.74, 6) is 0.228. The molecule has 0 aromatic rings. The monoisotopic (exact) mass is 281 g/mol. The van der Waals surface area contributed by atoms with Crippen LogP contribution in [-0.2, 0) is 9.59 Å². The van der Waals surface area contributed by atoms with Gasteiger partial charge in [-0.3, -0.25) is 9.59 Å². The van der Waals surface area contributed by atoms with Crippen LogP contribution >= 0.6 is 0 Å². The molecule has 1 aliphatic heterocycles. The van der Waals surface area contributed by atoms with E-state index in [1.165, 1.54) is 0 Å². The molecule has 4 nitrogen and oxygen atoms in total. The first-order chi connectivity index (χ1) is 9.49. The smallest absolute Gasteiger partial charge is 0.308 e. The van der Waals surface area contributed by atoms with E-state index in [-0.39, 0.29) is 23.7 Å². The van der Waals surface area contributed by atoms with E-state index >= 15 is 0 Å². The van der Waals surface area contributed by atoms with E-state index in [4.69, 9.17) is 0 Å². The van der Waals surface area contributed by atoms with Crippen molar-refractivity contribution >= 4 is 11.9 Å². The van der Waals surface area contributed by atoms with Crippen LogP contribution in [0.25, 0.3) is 0 Å². The van der Waals surface area contributed by atoms with Crippen molar-refractivity contribution in [1.82, 2.24) is 4.90 Å². The number of carbonyl (C=O) groups excluding carboxylic acids is 1. The molecule has 0 aromatic carbocycles. The lowest BCUT2D eigenvalue weighted by atomic mass is 9.88. The Labute approximate surface area is 121 Å². The molecule has 2 rings (SSSR count). The molecule has 20 heavy (non-hydrogen) atoms. The Bertz CT molecular complexity index is 374. The summed E-state index contributed by atoms with van der Waals surface area (Å²) >= 11 is 0. The van der Waals surface area contributed by atoms with E-state index in [0.29, 0.717) is 24.9 Å². The van der Waals surface area contributed by atoms with Gasteiger partial charge >= 0.3 is 5.97 Å². The Hall–Kier alpha value is -1.06. The maximum absolute atomic E-state index is 12.6. The van der Waals surface area contributed by atoms with Crippen LogP contribution in [0.4, 0.5) is 0 Å². The second-order valence-electron chi connectivity index (χ2n) is 6.55. The van der Waals surface area contributed by atoms with Gasteiger partial charge in [-0.1, -0.05) is 33.6 Å². The van der Waals surface area contributed by atoms with Crippen LogP contribution in [0.15, 0.2) is 0 Å². The summed E-state index contributed by atoms with van der Waals surface area (Å²) in [5, 5.41) is 9.36. The third-order valence-electron chi connectivity index (χ3n) is 5.37. The molecule has 1 saturated heterocycles. The number of carboxylic acid groups (broad SMARTS) is 1. The first-order valence-electron chi connectivity index (χ1n) is 8.01. The van der Waals surface area contributed by atoms with E-state index in [9.17, 15) is 14.7 Å². The van der Waals surface area contributed by atoms with Gasteiger partial charge < -0.3 is 10.0 Å². The number of amides is 1. The van der Waals surface area contributed by atoms with Crippen LogP contribution in [0.5, 0.6) is 0 Å². The first-order valence-corrected chi connectivity index (χ1v) is 8.01. The van der Waals surface area contributed by atoms with Gasteiger partial charge in [0.05, 0.1) is 5.92 Å². The summed E-state index contributed by atoms with van der Waals surface area (Å²) in [4.78, 5) is 25.8. The minimum absolute atomic E-state index is 0.0115. The average Bonchev–Trinajstić information content (AvgIpc) is 3.17. The molecule has 1 unspecified atom stereocenters. The van der Waals surface area contributed by atoms with Crippen molar-refractivity contribution in [3.8, 4) is 0 Å². The van der Waals surface area contributed by atoms with E-state index in [1.807, 2.05) is 11.8 Å². The quantitative estimate of drug-likeness (QED) is 0.814. The summed E-state index contributed by atoms with van der Waals surface area (Å²) in [6.07, 6.45) is 4.29. The normalized spacial score (nSPS) is 27.9. The fourth-order valence-electron chi connectivity index (χ4n) is 3.76. The topological polar surface area (TPSA) is 57.6 Å². The van der Waals surface area contributed by atoms with Crippen molar-refractivity contribution in [2.75, 3.05) is 13.1 Å². The van der Waals surface area contributed by atoms with Crippen LogP contribution in [0.3, 0.4) is 0 Å². The molecule has 0 radical (unpaired) electrons. The highest BCUT2D eigenvalue weighted by atomic mass is 16.4. The maximum Gasteiger partial charge on any atom is 0.308 e. The minimum atomic E-state index is -0.729. The zero-order valence-electron chi connectivity index (χ0n) is 12.8. The van der Waals surface area contributed by atoms with Crippen LogP contribution in [0.1, 0.15) is 46.5 Å². The van der Waals surface area contributed by atoms with Crippen molar-refractivity contribution in [3.05, 3.63) is 0 Å². The molecule has 1 saturated carbocycles. The molecule has 114 valence electrons. The average molecular weight is 281 g/mol. The number of rotatable bonds is 6. The predicted octanol–water partition coefficient (Wildman–Crippen LogP) is 2.63. The third-order valence-corrected chi connectivity index (χ3v) is 5.37. The van der Waals surface area contributed by atoms with E-state index in [0.717, 1.165) is 25.7 Å². The summed E-state index contributed by atoms with van der Waals surface area (Å²) in [5.41, 5.74) is 0.